The Bertz CT molecular complexity index is 1280. The van der Waals surface area contributed by atoms with Gasteiger partial charge in [0.1, 0.15) is 5.69 Å². The van der Waals surface area contributed by atoms with Gasteiger partial charge in [0.05, 0.1) is 17.3 Å². The van der Waals surface area contributed by atoms with Crippen LogP contribution in [0.1, 0.15) is 21.7 Å². The molecule has 10 heteroatoms. The number of hydrogen-bond donors (Lipinski definition) is 2. The second-order valence-corrected chi connectivity index (χ2v) is 8.50. The average Bonchev–Trinajstić information content (AvgIpc) is 3.31. The summed E-state index contributed by atoms with van der Waals surface area (Å²) < 4.78 is 1.75. The van der Waals surface area contributed by atoms with Crippen molar-refractivity contribution in [1.29, 1.82) is 0 Å². The average molecular weight is 495 g/mol. The van der Waals surface area contributed by atoms with E-state index in [1.54, 1.807) is 47.1 Å². The summed E-state index contributed by atoms with van der Waals surface area (Å²) in [6.45, 7) is 2.34. The van der Waals surface area contributed by atoms with Gasteiger partial charge in [-0.25, -0.2) is 0 Å². The summed E-state index contributed by atoms with van der Waals surface area (Å²) >= 11 is 24.4. The molecule has 0 aliphatic rings. The first-order valence-corrected chi connectivity index (χ1v) is 10.6. The summed E-state index contributed by atoms with van der Waals surface area (Å²) in [7, 11) is 0. The molecule has 158 valence electrons. The van der Waals surface area contributed by atoms with E-state index in [-0.39, 0.29) is 11.6 Å². The third-order valence-electron chi connectivity index (χ3n) is 4.59. The largest absolute Gasteiger partial charge is 0.304 e. The molecule has 2 heterocycles. The maximum absolute atomic E-state index is 12.6. The number of aryl methyl sites for hydroxylation is 1. The SMILES string of the molecule is Cc1cc(NC(=O)c2cc(-c3ccc(Cl)cc3Cl)n[nH]2)nn1Cc1ccc(Cl)cc1Cl. The fraction of sp³-hybridized carbons (Fsp3) is 0.0952. The molecular weight excluding hydrogens is 480 g/mol. The van der Waals surface area contributed by atoms with Gasteiger partial charge in [-0.3, -0.25) is 14.6 Å². The number of H-pyrrole nitrogens is 1. The third kappa shape index (κ3) is 4.88. The van der Waals surface area contributed by atoms with Gasteiger partial charge in [0, 0.05) is 32.4 Å². The normalized spacial score (nSPS) is 11.0. The van der Waals surface area contributed by atoms with Gasteiger partial charge in [0.2, 0.25) is 0 Å². The van der Waals surface area contributed by atoms with Gasteiger partial charge in [0.25, 0.3) is 5.91 Å². The number of halogens is 4. The van der Waals surface area contributed by atoms with Crippen LogP contribution in [0.2, 0.25) is 20.1 Å². The third-order valence-corrected chi connectivity index (χ3v) is 5.72. The lowest BCUT2D eigenvalue weighted by molar-refractivity contribution is 0.102. The molecule has 0 radical (unpaired) electrons. The van der Waals surface area contributed by atoms with Crippen LogP contribution in [0.15, 0.2) is 48.5 Å². The van der Waals surface area contributed by atoms with Crippen LogP contribution in [0.4, 0.5) is 5.82 Å². The quantitative estimate of drug-likeness (QED) is 0.332. The van der Waals surface area contributed by atoms with Gasteiger partial charge in [-0.2, -0.15) is 10.2 Å². The molecule has 0 aliphatic heterocycles. The van der Waals surface area contributed by atoms with Crippen molar-refractivity contribution in [2.75, 3.05) is 5.32 Å². The van der Waals surface area contributed by atoms with E-state index >= 15 is 0 Å². The van der Waals surface area contributed by atoms with E-state index in [0.717, 1.165) is 11.3 Å². The number of amides is 1. The first-order valence-electron chi connectivity index (χ1n) is 9.11. The summed E-state index contributed by atoms with van der Waals surface area (Å²) in [6.07, 6.45) is 0. The number of aromatic nitrogens is 4. The van der Waals surface area contributed by atoms with Crippen molar-refractivity contribution in [2.24, 2.45) is 0 Å². The highest BCUT2D eigenvalue weighted by Crippen LogP contribution is 2.29. The first-order chi connectivity index (χ1) is 14.8. The van der Waals surface area contributed by atoms with E-state index in [2.05, 4.69) is 20.6 Å². The molecule has 4 aromatic rings. The van der Waals surface area contributed by atoms with Crippen molar-refractivity contribution in [1.82, 2.24) is 20.0 Å². The zero-order valence-electron chi connectivity index (χ0n) is 16.1. The number of hydrogen-bond acceptors (Lipinski definition) is 3. The Hall–Kier alpha value is -2.51. The molecule has 0 spiro atoms. The monoisotopic (exact) mass is 493 g/mol. The molecule has 6 nitrogen and oxygen atoms in total. The minimum atomic E-state index is -0.377. The van der Waals surface area contributed by atoms with Crippen LogP contribution in [0.25, 0.3) is 11.3 Å². The van der Waals surface area contributed by atoms with Crippen LogP contribution in [-0.2, 0) is 6.54 Å². The Morgan fingerprint density at radius 2 is 1.71 bits per heavy atom. The van der Waals surface area contributed by atoms with E-state index in [1.165, 1.54) is 0 Å². The van der Waals surface area contributed by atoms with Crippen LogP contribution in [0.5, 0.6) is 0 Å². The Kier molecular flexibility index (Phi) is 6.25. The molecule has 31 heavy (non-hydrogen) atoms. The van der Waals surface area contributed by atoms with Gasteiger partial charge in [-0.1, -0.05) is 52.5 Å². The lowest BCUT2D eigenvalue weighted by Gasteiger charge is -2.07. The fourth-order valence-corrected chi connectivity index (χ4v) is 3.97. The van der Waals surface area contributed by atoms with E-state index in [1.807, 2.05) is 13.0 Å². The molecule has 2 aromatic heterocycles. The van der Waals surface area contributed by atoms with Crippen LogP contribution in [0, 0.1) is 6.92 Å². The van der Waals surface area contributed by atoms with Gasteiger partial charge in [-0.15, -0.1) is 0 Å². The molecule has 0 bridgehead atoms. The van der Waals surface area contributed by atoms with Gasteiger partial charge < -0.3 is 5.32 Å². The van der Waals surface area contributed by atoms with Crippen molar-refractivity contribution >= 4 is 58.1 Å². The van der Waals surface area contributed by atoms with Crippen molar-refractivity contribution in [3.8, 4) is 11.3 Å². The Balaban J connectivity index is 1.49. The van der Waals surface area contributed by atoms with E-state index in [9.17, 15) is 4.79 Å². The number of nitrogens with zero attached hydrogens (tertiary/aromatic N) is 3. The molecule has 2 aromatic carbocycles. The Labute approximate surface area is 198 Å². The molecule has 0 unspecified atom stereocenters. The van der Waals surface area contributed by atoms with Crippen molar-refractivity contribution < 1.29 is 4.79 Å². The number of nitrogens with one attached hydrogen (secondary N) is 2. The highest BCUT2D eigenvalue weighted by atomic mass is 35.5. The van der Waals surface area contributed by atoms with Gasteiger partial charge in [0.15, 0.2) is 5.82 Å². The van der Waals surface area contributed by atoms with E-state index in [0.29, 0.717) is 43.7 Å². The summed E-state index contributed by atoms with van der Waals surface area (Å²) in [5.74, 6) is 0.0336. The number of carbonyl (C=O) groups excluding carboxylic acids is 1. The van der Waals surface area contributed by atoms with Crippen LogP contribution < -0.4 is 5.32 Å². The lowest BCUT2D eigenvalue weighted by atomic mass is 10.1. The number of benzene rings is 2. The number of carbonyl (C=O) groups is 1. The van der Waals surface area contributed by atoms with Crippen LogP contribution in [-0.4, -0.2) is 25.9 Å². The standard InChI is InChI=1S/C21H15Cl4N5O/c1-11-6-20(29-30(11)10-12-2-3-13(22)7-16(12)24)26-21(31)19-9-18(27-28-19)15-5-4-14(23)8-17(15)25/h2-9H,10H2,1H3,(H,27,28)(H,26,29,31). The molecule has 1 amide bonds. The topological polar surface area (TPSA) is 75.6 Å². The van der Waals surface area contributed by atoms with Crippen molar-refractivity contribution in [3.63, 3.8) is 0 Å². The highest BCUT2D eigenvalue weighted by Gasteiger charge is 2.15. The van der Waals surface area contributed by atoms with Crippen molar-refractivity contribution in [2.45, 2.75) is 13.5 Å². The molecule has 0 atom stereocenters. The zero-order chi connectivity index (χ0) is 22.1. The molecule has 0 fully saturated rings. The Morgan fingerprint density at radius 3 is 2.42 bits per heavy atom. The molecular formula is C21H15Cl4N5O. The van der Waals surface area contributed by atoms with E-state index < -0.39 is 0 Å². The minimum Gasteiger partial charge on any atom is -0.304 e. The zero-order valence-corrected chi connectivity index (χ0v) is 19.1. The van der Waals surface area contributed by atoms with Gasteiger partial charge in [-0.05, 0) is 48.9 Å². The molecule has 0 saturated carbocycles. The van der Waals surface area contributed by atoms with Crippen molar-refractivity contribution in [3.05, 3.63) is 85.6 Å². The Morgan fingerprint density at radius 1 is 1.00 bits per heavy atom. The summed E-state index contributed by atoms with van der Waals surface area (Å²) in [5, 5.41) is 16.2. The second-order valence-electron chi connectivity index (χ2n) is 6.81. The number of anilines is 1. The summed E-state index contributed by atoms with van der Waals surface area (Å²) in [6, 6.07) is 13.8. The first kappa shape index (κ1) is 21.7. The highest BCUT2D eigenvalue weighted by molar-refractivity contribution is 6.36. The maximum Gasteiger partial charge on any atom is 0.274 e. The predicted octanol–water partition coefficient (Wildman–Crippen LogP) is 6.50. The van der Waals surface area contributed by atoms with Crippen LogP contribution in [0.3, 0.4) is 0 Å². The maximum atomic E-state index is 12.6. The number of aromatic amines is 1. The molecule has 0 saturated heterocycles. The molecule has 0 aliphatic carbocycles. The fourth-order valence-electron chi connectivity index (χ4n) is 3.00. The molecule has 4 rings (SSSR count). The second kappa shape index (κ2) is 8.93. The predicted molar refractivity (Wildman–Crippen MR) is 125 cm³/mol. The molecule has 2 N–H and O–H groups in total. The van der Waals surface area contributed by atoms with Gasteiger partial charge >= 0.3 is 0 Å². The number of rotatable bonds is 5. The lowest BCUT2D eigenvalue weighted by Crippen LogP contribution is -2.13. The van der Waals surface area contributed by atoms with E-state index in [4.69, 9.17) is 46.4 Å². The summed E-state index contributed by atoms with van der Waals surface area (Å²) in [4.78, 5) is 12.6. The minimum absolute atomic E-state index is 0.272. The smallest absolute Gasteiger partial charge is 0.274 e. The van der Waals surface area contributed by atoms with Crippen LogP contribution >= 0.6 is 46.4 Å². The summed E-state index contributed by atoms with van der Waals surface area (Å²) in [5.41, 5.74) is 3.20.